The Balaban J connectivity index is -0.0000000402. The van der Waals surface area contributed by atoms with Gasteiger partial charge in [0.25, 0.3) is 0 Å². The van der Waals surface area contributed by atoms with Crippen molar-refractivity contribution in [2.75, 3.05) is 0 Å². The molecule has 0 aliphatic rings. The molecule has 0 fully saturated rings. The zero-order valence-corrected chi connectivity index (χ0v) is 50.6. The average Bonchev–Trinajstić information content (AvgIpc) is 3.56. The maximum absolute atomic E-state index is 3.78. The molecule has 6 aromatic heterocycles. The third-order valence-electron chi connectivity index (χ3n) is 3.48. The first-order chi connectivity index (χ1) is 35.0. The van der Waals surface area contributed by atoms with Gasteiger partial charge in [0, 0.05) is 68.2 Å². The van der Waals surface area contributed by atoms with Crippen LogP contribution in [-0.2, 0) is 0 Å². The summed E-state index contributed by atoms with van der Waals surface area (Å²) in [5.41, 5.74) is 0. The van der Waals surface area contributed by atoms with E-state index >= 15 is 0 Å². The molecular formula is C57H113N13. The van der Waals surface area contributed by atoms with E-state index in [-0.39, 0.29) is 0 Å². The lowest BCUT2D eigenvalue weighted by atomic mass is 10.4. The van der Waals surface area contributed by atoms with Crippen LogP contribution in [0.3, 0.4) is 0 Å². The Labute approximate surface area is 436 Å². The van der Waals surface area contributed by atoms with E-state index in [9.17, 15) is 0 Å². The van der Waals surface area contributed by atoms with E-state index in [2.05, 4.69) is 65.3 Å². The number of hydrogen-bond donors (Lipinski definition) is 0. The van der Waals surface area contributed by atoms with Crippen LogP contribution in [-0.4, -0.2) is 65.3 Å². The number of rotatable bonds is 0. The fourth-order valence-electron chi connectivity index (χ4n) is 1.87. The maximum Gasteiger partial charge on any atom is 0.138 e. The number of hydrogen-bond acceptors (Lipinski definition) is 13. The van der Waals surface area contributed by atoms with Crippen molar-refractivity contribution in [1.29, 1.82) is 0 Å². The molecule has 0 amide bonds. The molecule has 0 saturated heterocycles. The molecule has 6 heterocycles. The molecule has 7 aromatic rings. The Morgan fingerprint density at radius 2 is 0.329 bits per heavy atom. The summed E-state index contributed by atoms with van der Waals surface area (Å²) in [7, 11) is 0. The molecule has 0 aliphatic heterocycles. The summed E-state index contributed by atoms with van der Waals surface area (Å²) in [5, 5.41) is 14.0. The van der Waals surface area contributed by atoms with Crippen LogP contribution in [0.25, 0.3) is 0 Å². The summed E-state index contributed by atoms with van der Waals surface area (Å²) in [6.07, 6.45) is 27.0. The summed E-state index contributed by atoms with van der Waals surface area (Å²) >= 11 is 0. The van der Waals surface area contributed by atoms with Gasteiger partial charge in [0.1, 0.15) is 31.6 Å². The van der Waals surface area contributed by atoms with Gasteiger partial charge in [0.05, 0.1) is 6.20 Å². The van der Waals surface area contributed by atoms with Gasteiger partial charge in [-0.2, -0.15) is 15.3 Å². The molecule has 0 unspecified atom stereocenters. The van der Waals surface area contributed by atoms with Crippen LogP contribution in [0.2, 0.25) is 0 Å². The van der Waals surface area contributed by atoms with Crippen LogP contribution in [0.15, 0.2) is 179 Å². The molecule has 0 bridgehead atoms. The highest BCUT2D eigenvalue weighted by Crippen LogP contribution is 1.80. The molecule has 406 valence electrons. The predicted molar refractivity (Wildman–Crippen MR) is 315 cm³/mol. The molecule has 0 aliphatic carbocycles. The van der Waals surface area contributed by atoms with E-state index < -0.39 is 0 Å². The molecule has 70 heavy (non-hydrogen) atoms. The lowest BCUT2D eigenvalue weighted by Crippen LogP contribution is -1.75. The lowest BCUT2D eigenvalue weighted by molar-refractivity contribution is 0.969. The van der Waals surface area contributed by atoms with Gasteiger partial charge in [0.15, 0.2) is 0 Å². The van der Waals surface area contributed by atoms with E-state index in [4.69, 9.17) is 0 Å². The highest BCUT2D eigenvalue weighted by atomic mass is 15.1. The lowest BCUT2D eigenvalue weighted by Gasteiger charge is -1.70. The Bertz CT molecular complexity index is 862. The smallest absolute Gasteiger partial charge is 0.138 e. The summed E-state index contributed by atoms with van der Waals surface area (Å²) in [6, 6.07) is 23.1. The Morgan fingerprint density at radius 1 is 0.129 bits per heavy atom. The van der Waals surface area contributed by atoms with Crippen molar-refractivity contribution in [2.45, 2.75) is 194 Å². The second-order valence-corrected chi connectivity index (χ2v) is 6.48. The summed E-state index contributed by atoms with van der Waals surface area (Å²) in [4.78, 5) is 32.9. The van der Waals surface area contributed by atoms with Crippen molar-refractivity contribution < 1.29 is 0 Å². The standard InChI is InChI=1S/C6H6.C5H5N.3C4H4N2.2C3H3N3.14C2H6/c2*1-2-4-6-5-3-1;1-2-6-4-3-5-1;1-2-5-4-6-3-1;1-2-4-6-5-3-1;1-4-2-6-3-5-1;1-2-5-6-3-4-1;14*1-2/h1-6H;1-5H;3*1-4H;2*1-3H;14*1-2H3. The zero-order valence-electron chi connectivity index (χ0n) is 50.6. The van der Waals surface area contributed by atoms with Crippen LogP contribution in [0.1, 0.15) is 194 Å². The van der Waals surface area contributed by atoms with Gasteiger partial charge >= 0.3 is 0 Å². The molecule has 0 N–H and O–H groups in total. The van der Waals surface area contributed by atoms with E-state index in [0.717, 1.165) is 0 Å². The SMILES string of the molecule is CC.CC.CC.CC.CC.CC.CC.CC.CC.CC.CC.CC.CC.CC.c1ccccc1.c1ccncc1.c1ccnnc1.c1cnccn1.c1cncnc1.c1cnncn1.c1ncncn1. The molecule has 13 heteroatoms. The Hall–Kier alpha value is -6.37. The molecular weight excluding hydrogens is 867 g/mol. The van der Waals surface area contributed by atoms with Crippen LogP contribution >= 0.6 is 0 Å². The zero-order chi connectivity index (χ0) is 57.7. The fourth-order valence-corrected chi connectivity index (χ4v) is 1.87. The maximum atomic E-state index is 3.78. The van der Waals surface area contributed by atoms with E-state index in [1.807, 2.05) is 261 Å². The van der Waals surface area contributed by atoms with Gasteiger partial charge in [-0.3, -0.25) is 15.0 Å². The van der Waals surface area contributed by atoms with Crippen LogP contribution in [0.4, 0.5) is 0 Å². The van der Waals surface area contributed by atoms with Crippen molar-refractivity contribution in [1.82, 2.24) is 65.3 Å². The quantitative estimate of drug-likeness (QED) is 0.141. The van der Waals surface area contributed by atoms with Crippen molar-refractivity contribution in [3.63, 3.8) is 0 Å². The van der Waals surface area contributed by atoms with E-state index in [0.29, 0.717) is 0 Å². The van der Waals surface area contributed by atoms with Crippen molar-refractivity contribution in [3.8, 4) is 0 Å². The van der Waals surface area contributed by atoms with Gasteiger partial charge in [-0.05, 0) is 30.3 Å². The summed E-state index contributed by atoms with van der Waals surface area (Å²) in [5.74, 6) is 0. The fraction of sp³-hybridized carbons (Fsp3) is 0.491. The summed E-state index contributed by atoms with van der Waals surface area (Å²) < 4.78 is 0. The topological polar surface area (TPSA) is 168 Å². The van der Waals surface area contributed by atoms with Gasteiger partial charge < -0.3 is 0 Å². The average molecular weight is 981 g/mol. The van der Waals surface area contributed by atoms with Gasteiger partial charge in [-0.25, -0.2) is 29.9 Å². The van der Waals surface area contributed by atoms with E-state index in [1.165, 1.54) is 37.8 Å². The minimum absolute atomic E-state index is 1.39. The summed E-state index contributed by atoms with van der Waals surface area (Å²) in [6.45, 7) is 56.0. The molecule has 13 nitrogen and oxygen atoms in total. The van der Waals surface area contributed by atoms with Crippen molar-refractivity contribution in [2.24, 2.45) is 0 Å². The van der Waals surface area contributed by atoms with Crippen LogP contribution in [0, 0.1) is 0 Å². The highest BCUT2D eigenvalue weighted by molar-refractivity contribution is 4.99. The number of aromatic nitrogens is 13. The monoisotopic (exact) mass is 980 g/mol. The second kappa shape index (κ2) is 187. The first-order valence-electron chi connectivity index (χ1n) is 26.1. The number of nitrogens with zero attached hydrogens (tertiary/aromatic N) is 13. The second-order valence-electron chi connectivity index (χ2n) is 6.48. The Morgan fingerprint density at radius 3 is 0.429 bits per heavy atom. The molecule has 0 radical (unpaired) electrons. The molecule has 7 rings (SSSR count). The minimum Gasteiger partial charge on any atom is -0.265 e. The van der Waals surface area contributed by atoms with Gasteiger partial charge in [0.2, 0.25) is 0 Å². The normalized spacial score (nSPS) is 6.00. The van der Waals surface area contributed by atoms with Crippen molar-refractivity contribution >= 4 is 0 Å². The van der Waals surface area contributed by atoms with Gasteiger partial charge in [-0.15, -0.1) is 5.10 Å². The third kappa shape index (κ3) is 178. The molecule has 1 aromatic carbocycles. The van der Waals surface area contributed by atoms with Crippen LogP contribution in [0.5, 0.6) is 0 Å². The molecule has 0 spiro atoms. The molecule has 0 saturated carbocycles. The van der Waals surface area contributed by atoms with E-state index in [1.54, 1.807) is 74.2 Å². The molecule has 0 atom stereocenters. The number of benzene rings is 1. The van der Waals surface area contributed by atoms with Gasteiger partial charge in [-0.1, -0.05) is 236 Å². The predicted octanol–water partition coefficient (Wildman–Crippen LogP) is 18.3. The van der Waals surface area contributed by atoms with Crippen LogP contribution < -0.4 is 0 Å². The first kappa shape index (κ1) is 101. The highest BCUT2D eigenvalue weighted by Gasteiger charge is 1.63. The largest absolute Gasteiger partial charge is 0.265 e. The number of pyridine rings is 1. The Kier molecular flexibility index (Phi) is 271. The van der Waals surface area contributed by atoms with Crippen molar-refractivity contribution in [3.05, 3.63) is 179 Å². The third-order valence-corrected chi connectivity index (χ3v) is 3.48. The minimum atomic E-state index is 1.39. The first-order valence-corrected chi connectivity index (χ1v) is 26.1.